The Hall–Kier alpha value is -0.570. The van der Waals surface area contributed by atoms with Crippen LogP contribution >= 0.6 is 0 Å². The standard InChI is InChI=1S/C14H24O3/c1-5-6-11(15)17-14(16)9-10-7-8-13(14,4)12(10,2)3/h10,16H,5-9H2,1-4H3/t10-,13-,14-/m1/s1. The highest BCUT2D eigenvalue weighted by molar-refractivity contribution is 5.69. The van der Waals surface area contributed by atoms with Crippen molar-refractivity contribution in [2.24, 2.45) is 16.7 Å². The molecule has 0 aliphatic heterocycles. The largest absolute Gasteiger partial charge is 0.433 e. The molecule has 2 rings (SSSR count). The van der Waals surface area contributed by atoms with Crippen molar-refractivity contribution < 1.29 is 14.6 Å². The Balaban J connectivity index is 2.21. The van der Waals surface area contributed by atoms with Crippen LogP contribution in [0.25, 0.3) is 0 Å². The summed E-state index contributed by atoms with van der Waals surface area (Å²) >= 11 is 0. The van der Waals surface area contributed by atoms with Crippen LogP contribution in [0, 0.1) is 16.7 Å². The summed E-state index contributed by atoms with van der Waals surface area (Å²) in [4.78, 5) is 11.7. The van der Waals surface area contributed by atoms with Crippen LogP contribution in [0.15, 0.2) is 0 Å². The van der Waals surface area contributed by atoms with E-state index in [1.807, 2.05) is 6.92 Å². The number of hydrogen-bond acceptors (Lipinski definition) is 3. The molecule has 3 nitrogen and oxygen atoms in total. The molecule has 98 valence electrons. The third-order valence-electron chi connectivity index (χ3n) is 5.56. The highest BCUT2D eigenvalue weighted by atomic mass is 16.7. The van der Waals surface area contributed by atoms with Gasteiger partial charge in [-0.3, -0.25) is 4.79 Å². The minimum absolute atomic E-state index is 0.0498. The molecule has 2 bridgehead atoms. The first-order chi connectivity index (χ1) is 7.77. The number of rotatable bonds is 3. The van der Waals surface area contributed by atoms with Gasteiger partial charge in [-0.15, -0.1) is 0 Å². The number of ether oxygens (including phenoxy) is 1. The molecular weight excluding hydrogens is 216 g/mol. The lowest BCUT2D eigenvalue weighted by atomic mass is 9.68. The number of carbonyl (C=O) groups is 1. The molecule has 0 aromatic carbocycles. The maximum Gasteiger partial charge on any atom is 0.308 e. The Kier molecular flexibility index (Phi) is 2.81. The Morgan fingerprint density at radius 2 is 2.06 bits per heavy atom. The monoisotopic (exact) mass is 240 g/mol. The Morgan fingerprint density at radius 3 is 2.47 bits per heavy atom. The molecule has 0 unspecified atom stereocenters. The van der Waals surface area contributed by atoms with Gasteiger partial charge >= 0.3 is 5.97 Å². The van der Waals surface area contributed by atoms with Crippen LogP contribution < -0.4 is 0 Å². The topological polar surface area (TPSA) is 46.5 Å². The number of fused-ring (bicyclic) bond motifs is 2. The first-order valence-electron chi connectivity index (χ1n) is 6.71. The summed E-state index contributed by atoms with van der Waals surface area (Å²) in [7, 11) is 0. The molecule has 0 amide bonds. The molecule has 2 saturated carbocycles. The van der Waals surface area contributed by atoms with Crippen LogP contribution in [-0.4, -0.2) is 16.9 Å². The zero-order valence-electron chi connectivity index (χ0n) is 11.4. The van der Waals surface area contributed by atoms with E-state index in [1.165, 1.54) is 0 Å². The SMILES string of the molecule is CCCC(=O)O[C@]1(O)C[C@H]2CC[C@]1(C)C2(C)C. The summed E-state index contributed by atoms with van der Waals surface area (Å²) in [5.41, 5.74) is -0.248. The zero-order chi connectivity index (χ0) is 12.9. The predicted octanol–water partition coefficient (Wildman–Crippen LogP) is 2.86. The highest BCUT2D eigenvalue weighted by Gasteiger charge is 2.70. The van der Waals surface area contributed by atoms with Crippen molar-refractivity contribution in [1.29, 1.82) is 0 Å². The molecule has 0 aromatic heterocycles. The van der Waals surface area contributed by atoms with Gasteiger partial charge in [-0.2, -0.15) is 0 Å². The average molecular weight is 240 g/mol. The van der Waals surface area contributed by atoms with Crippen LogP contribution in [0.3, 0.4) is 0 Å². The Bertz CT molecular complexity index is 336. The lowest BCUT2D eigenvalue weighted by Gasteiger charge is -2.43. The molecule has 3 heteroatoms. The molecular formula is C14H24O3. The third kappa shape index (κ3) is 1.55. The van der Waals surface area contributed by atoms with E-state index >= 15 is 0 Å². The van der Waals surface area contributed by atoms with Gasteiger partial charge in [-0.1, -0.05) is 27.7 Å². The summed E-state index contributed by atoms with van der Waals surface area (Å²) in [5, 5.41) is 10.7. The first-order valence-corrected chi connectivity index (χ1v) is 6.71. The molecule has 3 atom stereocenters. The minimum atomic E-state index is -1.24. The van der Waals surface area contributed by atoms with E-state index in [1.54, 1.807) is 0 Å². The van der Waals surface area contributed by atoms with Crippen molar-refractivity contribution in [2.45, 2.75) is 65.6 Å². The maximum absolute atomic E-state index is 11.7. The van der Waals surface area contributed by atoms with Gasteiger partial charge in [0.2, 0.25) is 5.79 Å². The quantitative estimate of drug-likeness (QED) is 0.609. The van der Waals surface area contributed by atoms with Gasteiger partial charge in [-0.25, -0.2) is 0 Å². The van der Waals surface area contributed by atoms with Crippen molar-refractivity contribution in [3.63, 3.8) is 0 Å². The van der Waals surface area contributed by atoms with Gasteiger partial charge in [0.1, 0.15) is 0 Å². The van der Waals surface area contributed by atoms with Gasteiger partial charge in [0.25, 0.3) is 0 Å². The van der Waals surface area contributed by atoms with E-state index in [2.05, 4.69) is 20.8 Å². The van der Waals surface area contributed by atoms with Crippen LogP contribution in [0.1, 0.15) is 59.8 Å². The first kappa shape index (κ1) is 12.9. The van der Waals surface area contributed by atoms with Crippen molar-refractivity contribution in [3.8, 4) is 0 Å². The average Bonchev–Trinajstić information content (AvgIpc) is 2.49. The zero-order valence-corrected chi connectivity index (χ0v) is 11.4. The summed E-state index contributed by atoms with van der Waals surface area (Å²) in [6.45, 7) is 8.39. The van der Waals surface area contributed by atoms with E-state index in [0.29, 0.717) is 18.8 Å². The van der Waals surface area contributed by atoms with Crippen LogP contribution in [0.5, 0.6) is 0 Å². The van der Waals surface area contributed by atoms with E-state index < -0.39 is 5.79 Å². The van der Waals surface area contributed by atoms with Gasteiger partial charge in [-0.05, 0) is 30.6 Å². The van der Waals surface area contributed by atoms with Crippen molar-refractivity contribution >= 4 is 5.97 Å². The second-order valence-electron chi connectivity index (χ2n) is 6.50. The predicted molar refractivity (Wildman–Crippen MR) is 65.2 cm³/mol. The fourth-order valence-electron chi connectivity index (χ4n) is 3.81. The van der Waals surface area contributed by atoms with Gasteiger partial charge < -0.3 is 9.84 Å². The molecule has 1 N–H and O–H groups in total. The maximum atomic E-state index is 11.7. The van der Waals surface area contributed by atoms with Gasteiger partial charge in [0, 0.05) is 18.3 Å². The summed E-state index contributed by atoms with van der Waals surface area (Å²) < 4.78 is 5.43. The fraction of sp³-hybridized carbons (Fsp3) is 0.929. The van der Waals surface area contributed by atoms with E-state index in [0.717, 1.165) is 19.3 Å². The molecule has 0 heterocycles. The summed E-state index contributed by atoms with van der Waals surface area (Å²) in [5.74, 6) is -1.04. The Labute approximate surface area is 104 Å². The van der Waals surface area contributed by atoms with Gasteiger partial charge in [0.05, 0.1) is 0 Å². The molecule has 0 radical (unpaired) electrons. The van der Waals surface area contributed by atoms with Crippen molar-refractivity contribution in [3.05, 3.63) is 0 Å². The molecule has 2 fully saturated rings. The van der Waals surface area contributed by atoms with Crippen LogP contribution in [0.2, 0.25) is 0 Å². The molecule has 0 aromatic rings. The van der Waals surface area contributed by atoms with Crippen molar-refractivity contribution in [1.82, 2.24) is 0 Å². The van der Waals surface area contributed by atoms with Crippen LogP contribution in [-0.2, 0) is 9.53 Å². The number of esters is 1. The van der Waals surface area contributed by atoms with Crippen molar-refractivity contribution in [2.75, 3.05) is 0 Å². The van der Waals surface area contributed by atoms with E-state index in [9.17, 15) is 9.90 Å². The number of hydrogen-bond donors (Lipinski definition) is 1. The number of aliphatic hydroxyl groups is 1. The molecule has 17 heavy (non-hydrogen) atoms. The van der Waals surface area contributed by atoms with Crippen LogP contribution in [0.4, 0.5) is 0 Å². The minimum Gasteiger partial charge on any atom is -0.433 e. The van der Waals surface area contributed by atoms with E-state index in [-0.39, 0.29) is 16.8 Å². The highest BCUT2D eigenvalue weighted by Crippen LogP contribution is 2.69. The molecule has 2 aliphatic rings. The number of carbonyl (C=O) groups excluding carboxylic acids is 1. The second-order valence-corrected chi connectivity index (χ2v) is 6.50. The molecule has 0 saturated heterocycles. The van der Waals surface area contributed by atoms with Gasteiger partial charge in [0.15, 0.2) is 0 Å². The Morgan fingerprint density at radius 1 is 1.41 bits per heavy atom. The van der Waals surface area contributed by atoms with E-state index in [4.69, 9.17) is 4.74 Å². The second kappa shape index (κ2) is 3.71. The summed E-state index contributed by atoms with van der Waals surface area (Å²) in [6.07, 6.45) is 3.84. The fourth-order valence-corrected chi connectivity index (χ4v) is 3.81. The molecule has 2 aliphatic carbocycles. The summed E-state index contributed by atoms with van der Waals surface area (Å²) in [6, 6.07) is 0. The lowest BCUT2D eigenvalue weighted by Crippen LogP contribution is -2.50. The normalized spacial score (nSPS) is 42.8. The lowest BCUT2D eigenvalue weighted by molar-refractivity contribution is -0.261. The third-order valence-corrected chi connectivity index (χ3v) is 5.56. The smallest absolute Gasteiger partial charge is 0.308 e. The molecule has 0 spiro atoms.